The van der Waals surface area contributed by atoms with Gasteiger partial charge in [-0.1, -0.05) is 60.7 Å². The van der Waals surface area contributed by atoms with Crippen LogP contribution in [0.3, 0.4) is 0 Å². The molecular formula is C30H45LiN2O6. The van der Waals surface area contributed by atoms with Gasteiger partial charge in [-0.2, -0.15) is 0 Å². The van der Waals surface area contributed by atoms with Crippen molar-refractivity contribution in [3.63, 3.8) is 0 Å². The summed E-state index contributed by atoms with van der Waals surface area (Å²) in [6, 6.07) is 20.4. The van der Waals surface area contributed by atoms with Crippen molar-refractivity contribution in [2.45, 2.75) is 71.1 Å². The number of ether oxygens (including phenoxy) is 4. The van der Waals surface area contributed by atoms with Crippen LogP contribution in [-0.4, -0.2) is 68.4 Å². The molecule has 2 aliphatic rings. The molecule has 0 spiro atoms. The van der Waals surface area contributed by atoms with Crippen LogP contribution in [0.5, 0.6) is 0 Å². The maximum Gasteiger partial charge on any atom is 1.00 e. The van der Waals surface area contributed by atoms with Gasteiger partial charge in [0.1, 0.15) is 0 Å². The third kappa shape index (κ3) is 15.6. The molecule has 0 saturated carbocycles. The van der Waals surface area contributed by atoms with Gasteiger partial charge in [-0.15, -0.1) is 0 Å². The van der Waals surface area contributed by atoms with Gasteiger partial charge in [-0.3, -0.25) is 4.79 Å². The van der Waals surface area contributed by atoms with Crippen LogP contribution in [0.1, 0.15) is 56.6 Å². The van der Waals surface area contributed by atoms with Crippen molar-refractivity contribution in [2.24, 2.45) is 0 Å². The Hall–Kier alpha value is -1.73. The number of nitrogens with zero attached hydrogens (tertiary/aromatic N) is 1. The summed E-state index contributed by atoms with van der Waals surface area (Å²) in [5, 5.41) is 3.36. The van der Waals surface area contributed by atoms with E-state index < -0.39 is 0 Å². The maximum atomic E-state index is 11.7. The Morgan fingerprint density at radius 1 is 0.846 bits per heavy atom. The second kappa shape index (κ2) is 22.0. The monoisotopic (exact) mass is 536 g/mol. The molecule has 2 aromatic rings. The van der Waals surface area contributed by atoms with Crippen LogP contribution in [0, 0.1) is 0 Å². The predicted octanol–water partition coefficient (Wildman–Crippen LogP) is 1.72. The van der Waals surface area contributed by atoms with Crippen LogP contribution < -0.4 is 24.2 Å². The summed E-state index contributed by atoms with van der Waals surface area (Å²) in [5.74, 6) is 0.0713. The molecule has 0 bridgehead atoms. The molecule has 2 unspecified atom stereocenters. The average Bonchev–Trinajstić information content (AvgIpc) is 2.95. The minimum Gasteiger partial charge on any atom is -0.870 e. The number of carbonyl (C=O) groups excluding carboxylic acids is 1. The largest absolute Gasteiger partial charge is 1.00 e. The van der Waals surface area contributed by atoms with Crippen molar-refractivity contribution in [2.75, 3.05) is 39.5 Å². The van der Waals surface area contributed by atoms with Crippen molar-refractivity contribution in [3.8, 4) is 0 Å². The molecule has 39 heavy (non-hydrogen) atoms. The Kier molecular flexibility index (Phi) is 19.9. The van der Waals surface area contributed by atoms with E-state index in [-0.39, 0.29) is 42.8 Å². The van der Waals surface area contributed by atoms with Crippen LogP contribution in [0.4, 0.5) is 0 Å². The molecule has 2 aromatic carbocycles. The molecule has 2 saturated heterocycles. The van der Waals surface area contributed by atoms with Gasteiger partial charge in [0.25, 0.3) is 0 Å². The summed E-state index contributed by atoms with van der Waals surface area (Å²) in [6.45, 7) is 7.47. The normalized spacial score (nSPS) is 18.5. The van der Waals surface area contributed by atoms with Gasteiger partial charge >= 0.3 is 18.9 Å². The Labute approximate surface area is 246 Å². The van der Waals surface area contributed by atoms with E-state index in [0.717, 1.165) is 64.2 Å². The molecule has 2 fully saturated rings. The zero-order valence-corrected chi connectivity index (χ0v) is 23.8. The summed E-state index contributed by atoms with van der Waals surface area (Å²) in [7, 11) is 0. The summed E-state index contributed by atoms with van der Waals surface area (Å²) in [5.41, 5.74) is 2.44. The summed E-state index contributed by atoms with van der Waals surface area (Å²) >= 11 is 0. The van der Waals surface area contributed by atoms with E-state index in [1.54, 1.807) is 11.8 Å². The number of amides is 1. The summed E-state index contributed by atoms with van der Waals surface area (Å²) < 4.78 is 22.3. The molecule has 2 heterocycles. The van der Waals surface area contributed by atoms with Crippen molar-refractivity contribution < 1.29 is 48.1 Å². The van der Waals surface area contributed by atoms with Crippen molar-refractivity contribution in [1.29, 1.82) is 0 Å². The number of hydrogen-bond acceptors (Lipinski definition) is 7. The maximum absolute atomic E-state index is 11.7. The molecule has 4 rings (SSSR count). The van der Waals surface area contributed by atoms with Crippen LogP contribution in [0.2, 0.25) is 0 Å². The number of hydrogen-bond donors (Lipinski definition) is 1. The molecule has 2 atom stereocenters. The van der Waals surface area contributed by atoms with Crippen molar-refractivity contribution in [1.82, 2.24) is 10.2 Å². The molecule has 9 heteroatoms. The zero-order chi connectivity index (χ0) is 26.0. The van der Waals surface area contributed by atoms with E-state index in [1.807, 2.05) is 36.4 Å². The van der Waals surface area contributed by atoms with Gasteiger partial charge in [0.2, 0.25) is 5.91 Å². The van der Waals surface area contributed by atoms with Gasteiger partial charge in [-0.25, -0.2) is 0 Å². The van der Waals surface area contributed by atoms with E-state index in [1.165, 1.54) is 18.4 Å². The molecular weight excluding hydrogens is 491 g/mol. The number of nitrogens with one attached hydrogen (secondary N) is 1. The minimum atomic E-state index is -0.0886. The standard InChI is InChI=1S/C16H23NO3.C14H21NO2.Li.H2O/c1-14(18)17(13-15-7-3-2-4-8-15)10-12-20-16-9-5-6-11-19-16;1-2-6-13(7-3-1)12-15-9-11-17-14-8-4-5-10-16-14;;/h2-4,7-8,16H,5-6,9-13H2,1H3;1-3,6-7,14-15H,4-5,8-12H2;;1H2/q;;+1;/p-1. The van der Waals surface area contributed by atoms with Gasteiger partial charge in [-0.05, 0) is 49.7 Å². The second-order valence-electron chi connectivity index (χ2n) is 9.42. The fraction of sp³-hybridized carbons (Fsp3) is 0.567. The Morgan fingerprint density at radius 2 is 1.38 bits per heavy atom. The number of rotatable bonds is 12. The average molecular weight is 537 g/mol. The van der Waals surface area contributed by atoms with Crippen molar-refractivity contribution >= 4 is 5.91 Å². The van der Waals surface area contributed by atoms with E-state index in [0.29, 0.717) is 19.7 Å². The smallest absolute Gasteiger partial charge is 0.870 e. The van der Waals surface area contributed by atoms with E-state index in [4.69, 9.17) is 18.9 Å². The van der Waals surface area contributed by atoms with Gasteiger partial charge in [0.15, 0.2) is 12.6 Å². The minimum absolute atomic E-state index is 0. The predicted molar refractivity (Wildman–Crippen MR) is 147 cm³/mol. The van der Waals surface area contributed by atoms with Crippen LogP contribution in [0.15, 0.2) is 60.7 Å². The van der Waals surface area contributed by atoms with Crippen LogP contribution in [0.25, 0.3) is 0 Å². The first-order valence-corrected chi connectivity index (χ1v) is 13.7. The van der Waals surface area contributed by atoms with Gasteiger partial charge in [0.05, 0.1) is 13.2 Å². The Bertz CT molecular complexity index is 849. The topological polar surface area (TPSA) is 99.3 Å². The summed E-state index contributed by atoms with van der Waals surface area (Å²) in [4.78, 5) is 13.5. The molecule has 0 aromatic heterocycles. The molecule has 8 nitrogen and oxygen atoms in total. The van der Waals surface area contributed by atoms with Gasteiger partial charge < -0.3 is 34.6 Å². The molecule has 0 radical (unpaired) electrons. The van der Waals surface area contributed by atoms with Crippen LogP contribution in [-0.2, 0) is 36.8 Å². The van der Waals surface area contributed by atoms with Crippen LogP contribution >= 0.6 is 0 Å². The first-order chi connectivity index (χ1) is 18.2. The second-order valence-corrected chi connectivity index (χ2v) is 9.42. The Morgan fingerprint density at radius 3 is 1.90 bits per heavy atom. The third-order valence-electron chi connectivity index (χ3n) is 6.36. The fourth-order valence-electron chi connectivity index (χ4n) is 4.22. The number of carbonyl (C=O) groups is 1. The molecule has 2 aliphatic heterocycles. The molecule has 2 N–H and O–H groups in total. The molecule has 0 aliphatic carbocycles. The Balaban J connectivity index is 0.000000375. The SMILES string of the molecule is CC(=O)N(CCOC1CCCCO1)Cc1ccccc1.[Li+].[OH-].c1ccc(CNCCOC2CCCCO2)cc1. The first-order valence-electron chi connectivity index (χ1n) is 13.7. The van der Waals surface area contributed by atoms with E-state index in [9.17, 15) is 4.79 Å². The molecule has 1 amide bonds. The van der Waals surface area contributed by atoms with Crippen molar-refractivity contribution in [3.05, 3.63) is 71.8 Å². The first kappa shape index (κ1) is 35.3. The third-order valence-corrected chi connectivity index (χ3v) is 6.36. The van der Waals surface area contributed by atoms with E-state index in [2.05, 4.69) is 29.6 Å². The summed E-state index contributed by atoms with van der Waals surface area (Å²) in [6.07, 6.45) is 6.61. The molecule has 212 valence electrons. The quantitative estimate of drug-likeness (QED) is 0.326. The number of benzene rings is 2. The van der Waals surface area contributed by atoms with E-state index >= 15 is 0 Å². The zero-order valence-electron chi connectivity index (χ0n) is 23.8. The fourth-order valence-corrected chi connectivity index (χ4v) is 4.22. The van der Waals surface area contributed by atoms with Gasteiger partial charge in [0, 0.05) is 46.3 Å².